The van der Waals surface area contributed by atoms with E-state index >= 15 is 0 Å². The van der Waals surface area contributed by atoms with E-state index in [0.717, 1.165) is 12.6 Å². The third kappa shape index (κ3) is 3.69. The lowest BCUT2D eigenvalue weighted by atomic mass is 9.80. The van der Waals surface area contributed by atoms with E-state index in [1.54, 1.807) is 0 Å². The summed E-state index contributed by atoms with van der Waals surface area (Å²) in [5, 5.41) is 3.34. The second-order valence-electron chi connectivity index (χ2n) is 5.78. The van der Waals surface area contributed by atoms with E-state index in [4.69, 9.17) is 0 Å². The van der Waals surface area contributed by atoms with Crippen molar-refractivity contribution >= 4 is 0 Å². The normalized spacial score (nSPS) is 16.7. The Bertz CT molecular complexity index is 437. The van der Waals surface area contributed by atoms with E-state index < -0.39 is 17.2 Å². The lowest BCUT2D eigenvalue weighted by Gasteiger charge is -2.28. The fourth-order valence-corrected chi connectivity index (χ4v) is 2.19. The number of nitrogens with one attached hydrogen (secondary N) is 1. The molecule has 1 saturated carbocycles. The van der Waals surface area contributed by atoms with E-state index in [1.165, 1.54) is 25.2 Å². The van der Waals surface area contributed by atoms with Gasteiger partial charge in [-0.25, -0.2) is 0 Å². The SMILES string of the molecule is CC(C)(CCNC1CC1)c1cnccc1C(F)(F)F. The molecule has 2 rings (SSSR count). The fraction of sp³-hybridized carbons (Fsp3) is 0.643. The highest BCUT2D eigenvalue weighted by Gasteiger charge is 2.37. The fourth-order valence-electron chi connectivity index (χ4n) is 2.19. The standard InChI is InChI=1S/C14H19F3N2/c1-13(2,6-8-19-10-3-4-10)12-9-18-7-5-11(12)14(15,16)17/h5,7,9-10,19H,3-4,6,8H2,1-2H3. The number of nitrogens with zero attached hydrogens (tertiary/aromatic N) is 1. The number of alkyl halides is 3. The van der Waals surface area contributed by atoms with Crippen molar-refractivity contribution in [1.82, 2.24) is 10.3 Å². The first kappa shape index (κ1) is 14.3. The molecule has 0 saturated heterocycles. The molecule has 106 valence electrons. The summed E-state index contributed by atoms with van der Waals surface area (Å²) in [7, 11) is 0. The first-order chi connectivity index (χ1) is 8.81. The zero-order chi connectivity index (χ0) is 14.1. The van der Waals surface area contributed by atoms with Crippen LogP contribution in [0.25, 0.3) is 0 Å². The molecule has 1 N–H and O–H groups in total. The van der Waals surface area contributed by atoms with E-state index in [-0.39, 0.29) is 5.56 Å². The largest absolute Gasteiger partial charge is 0.416 e. The van der Waals surface area contributed by atoms with Crippen molar-refractivity contribution < 1.29 is 13.2 Å². The van der Waals surface area contributed by atoms with Gasteiger partial charge < -0.3 is 5.32 Å². The van der Waals surface area contributed by atoms with Gasteiger partial charge in [-0.05, 0) is 42.9 Å². The Hall–Kier alpha value is -1.10. The maximum Gasteiger partial charge on any atom is 0.416 e. The summed E-state index contributed by atoms with van der Waals surface area (Å²) in [6.07, 6.45) is 1.25. The van der Waals surface area contributed by atoms with Crippen molar-refractivity contribution in [2.24, 2.45) is 0 Å². The second kappa shape index (κ2) is 5.12. The first-order valence-electron chi connectivity index (χ1n) is 6.56. The molecule has 1 aromatic rings. The van der Waals surface area contributed by atoms with Crippen LogP contribution in [0, 0.1) is 0 Å². The summed E-state index contributed by atoms with van der Waals surface area (Å²) < 4.78 is 39.0. The van der Waals surface area contributed by atoms with Gasteiger partial charge in [0.1, 0.15) is 0 Å². The van der Waals surface area contributed by atoms with Crippen LogP contribution in [0.15, 0.2) is 18.5 Å². The van der Waals surface area contributed by atoms with E-state index in [9.17, 15) is 13.2 Å². The molecule has 19 heavy (non-hydrogen) atoms. The van der Waals surface area contributed by atoms with Crippen molar-refractivity contribution in [3.05, 3.63) is 29.6 Å². The third-order valence-electron chi connectivity index (χ3n) is 3.62. The van der Waals surface area contributed by atoms with Gasteiger partial charge in [-0.3, -0.25) is 4.98 Å². The Kier molecular flexibility index (Phi) is 3.85. The molecule has 1 heterocycles. The topological polar surface area (TPSA) is 24.9 Å². The van der Waals surface area contributed by atoms with Gasteiger partial charge in [-0.15, -0.1) is 0 Å². The minimum atomic E-state index is -4.32. The zero-order valence-electron chi connectivity index (χ0n) is 11.2. The molecule has 1 aliphatic carbocycles. The van der Waals surface area contributed by atoms with Crippen LogP contribution in [-0.4, -0.2) is 17.6 Å². The van der Waals surface area contributed by atoms with Gasteiger partial charge in [-0.1, -0.05) is 13.8 Å². The average molecular weight is 272 g/mol. The zero-order valence-corrected chi connectivity index (χ0v) is 11.2. The van der Waals surface area contributed by atoms with E-state index in [1.807, 2.05) is 13.8 Å². The second-order valence-corrected chi connectivity index (χ2v) is 5.78. The molecule has 0 aliphatic heterocycles. The average Bonchev–Trinajstić information content (AvgIpc) is 3.12. The number of rotatable bonds is 5. The molecule has 0 bridgehead atoms. The van der Waals surface area contributed by atoms with Crippen molar-refractivity contribution in [3.63, 3.8) is 0 Å². The van der Waals surface area contributed by atoms with Crippen LogP contribution in [0.5, 0.6) is 0 Å². The van der Waals surface area contributed by atoms with Crippen LogP contribution in [0.1, 0.15) is 44.2 Å². The predicted octanol–water partition coefficient (Wildman–Crippen LogP) is 3.52. The summed E-state index contributed by atoms with van der Waals surface area (Å²) in [4.78, 5) is 3.86. The summed E-state index contributed by atoms with van der Waals surface area (Å²) >= 11 is 0. The van der Waals surface area contributed by atoms with Gasteiger partial charge in [0.15, 0.2) is 0 Å². The first-order valence-corrected chi connectivity index (χ1v) is 6.56. The van der Waals surface area contributed by atoms with E-state index in [2.05, 4.69) is 10.3 Å². The molecule has 0 radical (unpaired) electrons. The highest BCUT2D eigenvalue weighted by molar-refractivity contribution is 5.32. The van der Waals surface area contributed by atoms with Crippen LogP contribution >= 0.6 is 0 Å². The number of pyridine rings is 1. The number of hydrogen-bond donors (Lipinski definition) is 1. The van der Waals surface area contributed by atoms with E-state index in [0.29, 0.717) is 12.5 Å². The van der Waals surface area contributed by atoms with Crippen LogP contribution in [0.3, 0.4) is 0 Å². The molecule has 1 aromatic heterocycles. The molecule has 2 nitrogen and oxygen atoms in total. The molecule has 0 amide bonds. The summed E-state index contributed by atoms with van der Waals surface area (Å²) in [5.74, 6) is 0. The van der Waals surface area contributed by atoms with Gasteiger partial charge >= 0.3 is 6.18 Å². The lowest BCUT2D eigenvalue weighted by Crippen LogP contribution is -2.29. The maximum absolute atomic E-state index is 13.0. The molecular formula is C14H19F3N2. The van der Waals surface area contributed by atoms with Crippen molar-refractivity contribution in [1.29, 1.82) is 0 Å². The minimum Gasteiger partial charge on any atom is -0.314 e. The molecule has 0 unspecified atom stereocenters. The smallest absolute Gasteiger partial charge is 0.314 e. The highest BCUT2D eigenvalue weighted by atomic mass is 19.4. The van der Waals surface area contributed by atoms with Crippen molar-refractivity contribution in [3.8, 4) is 0 Å². The van der Waals surface area contributed by atoms with Gasteiger partial charge in [0.25, 0.3) is 0 Å². The molecule has 0 spiro atoms. The molecule has 5 heteroatoms. The van der Waals surface area contributed by atoms with Gasteiger partial charge in [0.05, 0.1) is 5.56 Å². The highest BCUT2D eigenvalue weighted by Crippen LogP contribution is 2.38. The van der Waals surface area contributed by atoms with Crippen molar-refractivity contribution in [2.75, 3.05) is 6.54 Å². The molecule has 1 aliphatic rings. The third-order valence-corrected chi connectivity index (χ3v) is 3.62. The van der Waals surface area contributed by atoms with Gasteiger partial charge in [-0.2, -0.15) is 13.2 Å². The van der Waals surface area contributed by atoms with Crippen LogP contribution < -0.4 is 5.32 Å². The van der Waals surface area contributed by atoms with Gasteiger partial charge in [0.2, 0.25) is 0 Å². The Morgan fingerprint density at radius 1 is 1.26 bits per heavy atom. The van der Waals surface area contributed by atoms with Gasteiger partial charge in [0, 0.05) is 18.4 Å². The minimum absolute atomic E-state index is 0.278. The maximum atomic E-state index is 13.0. The van der Waals surface area contributed by atoms with Crippen molar-refractivity contribution in [2.45, 2.75) is 50.7 Å². The molecule has 0 aromatic carbocycles. The summed E-state index contributed by atoms with van der Waals surface area (Å²) in [6, 6.07) is 1.64. The Labute approximate surface area is 111 Å². The molecular weight excluding hydrogens is 253 g/mol. The van der Waals surface area contributed by atoms with Crippen LogP contribution in [0.4, 0.5) is 13.2 Å². The quantitative estimate of drug-likeness (QED) is 0.887. The Balaban J connectivity index is 2.13. The van der Waals surface area contributed by atoms with Crippen LogP contribution in [0.2, 0.25) is 0 Å². The van der Waals surface area contributed by atoms with Crippen LogP contribution in [-0.2, 0) is 11.6 Å². The monoisotopic (exact) mass is 272 g/mol. The summed E-state index contributed by atoms with van der Waals surface area (Å²) in [6.45, 7) is 4.42. The predicted molar refractivity (Wildman–Crippen MR) is 67.9 cm³/mol. The lowest BCUT2D eigenvalue weighted by molar-refractivity contribution is -0.138. The number of aromatic nitrogens is 1. The Morgan fingerprint density at radius 2 is 1.95 bits per heavy atom. The number of halogens is 3. The molecule has 1 fully saturated rings. The molecule has 0 atom stereocenters. The summed E-state index contributed by atoms with van der Waals surface area (Å²) in [5.41, 5.74) is -0.833. The Morgan fingerprint density at radius 3 is 2.53 bits per heavy atom. The number of hydrogen-bond acceptors (Lipinski definition) is 2.